The summed E-state index contributed by atoms with van der Waals surface area (Å²) < 4.78 is 0. The summed E-state index contributed by atoms with van der Waals surface area (Å²) in [6.07, 6.45) is 2.96. The Bertz CT molecular complexity index is 538. The van der Waals surface area contributed by atoms with E-state index in [-0.39, 0.29) is 5.41 Å². The zero-order valence-corrected chi connectivity index (χ0v) is 11.3. The van der Waals surface area contributed by atoms with E-state index >= 15 is 0 Å². The van der Waals surface area contributed by atoms with E-state index in [0.717, 1.165) is 18.4 Å². The molecule has 1 saturated carbocycles. The molecule has 1 N–H and O–H groups in total. The lowest BCUT2D eigenvalue weighted by Crippen LogP contribution is -2.40. The molecule has 0 aromatic heterocycles. The van der Waals surface area contributed by atoms with Crippen LogP contribution in [0, 0.1) is 6.92 Å². The first-order chi connectivity index (χ1) is 9.22. The second-order valence-electron chi connectivity index (χ2n) is 5.69. The van der Waals surface area contributed by atoms with Crippen molar-refractivity contribution in [3.8, 4) is 0 Å². The second kappa shape index (κ2) is 4.82. The third kappa shape index (κ3) is 2.08. The van der Waals surface area contributed by atoms with Crippen molar-refractivity contribution in [2.45, 2.75) is 37.7 Å². The Morgan fingerprint density at radius 3 is 2.11 bits per heavy atom. The third-order valence-corrected chi connectivity index (χ3v) is 4.51. The van der Waals surface area contributed by atoms with Gasteiger partial charge in [-0.3, -0.25) is 0 Å². The van der Waals surface area contributed by atoms with Crippen LogP contribution in [-0.4, -0.2) is 5.11 Å². The summed E-state index contributed by atoms with van der Waals surface area (Å²) in [7, 11) is 0. The SMILES string of the molecule is Cc1ccc(C(O)C2(c3ccccc3)CCC2)cc1. The van der Waals surface area contributed by atoms with E-state index in [1.54, 1.807) is 0 Å². The van der Waals surface area contributed by atoms with Crippen LogP contribution in [0.4, 0.5) is 0 Å². The molecule has 1 atom stereocenters. The Kier molecular flexibility index (Phi) is 3.16. The fraction of sp³-hybridized carbons (Fsp3) is 0.333. The minimum Gasteiger partial charge on any atom is -0.387 e. The zero-order chi connectivity index (χ0) is 13.3. The van der Waals surface area contributed by atoms with E-state index in [2.05, 4.69) is 55.5 Å². The van der Waals surface area contributed by atoms with Crippen LogP contribution in [0.3, 0.4) is 0 Å². The molecule has 1 nitrogen and oxygen atoms in total. The number of aryl methyl sites for hydroxylation is 1. The first-order valence-electron chi connectivity index (χ1n) is 7.02. The maximum atomic E-state index is 10.8. The minimum absolute atomic E-state index is 0.0729. The molecule has 19 heavy (non-hydrogen) atoms. The number of hydrogen-bond donors (Lipinski definition) is 1. The minimum atomic E-state index is -0.399. The summed E-state index contributed by atoms with van der Waals surface area (Å²) in [6, 6.07) is 18.7. The summed E-state index contributed by atoms with van der Waals surface area (Å²) in [5, 5.41) is 10.8. The third-order valence-electron chi connectivity index (χ3n) is 4.51. The monoisotopic (exact) mass is 252 g/mol. The molecule has 2 aromatic rings. The number of aliphatic hydroxyl groups excluding tert-OH is 1. The van der Waals surface area contributed by atoms with E-state index in [9.17, 15) is 5.11 Å². The highest BCUT2D eigenvalue weighted by Gasteiger charge is 2.45. The highest BCUT2D eigenvalue weighted by molar-refractivity contribution is 5.35. The predicted octanol–water partition coefficient (Wildman–Crippen LogP) is 4.15. The molecule has 1 aliphatic carbocycles. The molecule has 1 fully saturated rings. The normalized spacial score (nSPS) is 18.6. The van der Waals surface area contributed by atoms with Crippen molar-refractivity contribution in [3.05, 3.63) is 71.3 Å². The standard InChI is InChI=1S/C18H20O/c1-14-8-10-15(11-9-14)17(19)18(12-5-13-18)16-6-3-2-4-7-16/h2-4,6-11,17,19H,5,12-13H2,1H3. The van der Waals surface area contributed by atoms with Gasteiger partial charge in [-0.25, -0.2) is 0 Å². The molecule has 2 aromatic carbocycles. The maximum absolute atomic E-state index is 10.8. The smallest absolute Gasteiger partial charge is 0.0886 e. The van der Waals surface area contributed by atoms with Crippen molar-refractivity contribution in [1.82, 2.24) is 0 Å². The van der Waals surface area contributed by atoms with E-state index in [1.807, 2.05) is 6.07 Å². The number of hydrogen-bond acceptors (Lipinski definition) is 1. The van der Waals surface area contributed by atoms with Crippen molar-refractivity contribution >= 4 is 0 Å². The van der Waals surface area contributed by atoms with Gasteiger partial charge >= 0.3 is 0 Å². The van der Waals surface area contributed by atoms with Crippen molar-refractivity contribution in [2.24, 2.45) is 0 Å². The molecule has 0 spiro atoms. The highest BCUT2D eigenvalue weighted by Crippen LogP contribution is 2.51. The molecule has 0 aliphatic heterocycles. The predicted molar refractivity (Wildman–Crippen MR) is 78.1 cm³/mol. The fourth-order valence-corrected chi connectivity index (χ4v) is 3.12. The van der Waals surface area contributed by atoms with Crippen LogP contribution >= 0.6 is 0 Å². The van der Waals surface area contributed by atoms with Crippen LogP contribution in [0.15, 0.2) is 54.6 Å². The largest absolute Gasteiger partial charge is 0.387 e. The molecule has 1 unspecified atom stereocenters. The van der Waals surface area contributed by atoms with Crippen molar-refractivity contribution in [2.75, 3.05) is 0 Å². The van der Waals surface area contributed by atoms with Crippen LogP contribution < -0.4 is 0 Å². The van der Waals surface area contributed by atoms with Gasteiger partial charge in [0.25, 0.3) is 0 Å². The molecular weight excluding hydrogens is 232 g/mol. The lowest BCUT2D eigenvalue weighted by Gasteiger charge is -2.46. The van der Waals surface area contributed by atoms with Gasteiger partial charge in [0.1, 0.15) is 0 Å². The van der Waals surface area contributed by atoms with Crippen molar-refractivity contribution in [1.29, 1.82) is 0 Å². The average molecular weight is 252 g/mol. The molecule has 98 valence electrons. The summed E-state index contributed by atoms with van der Waals surface area (Å²) in [5.74, 6) is 0. The highest BCUT2D eigenvalue weighted by atomic mass is 16.3. The quantitative estimate of drug-likeness (QED) is 0.870. The second-order valence-corrected chi connectivity index (χ2v) is 5.69. The lowest BCUT2D eigenvalue weighted by atomic mass is 9.60. The van der Waals surface area contributed by atoms with Crippen LogP contribution in [-0.2, 0) is 5.41 Å². The van der Waals surface area contributed by atoms with Gasteiger partial charge in [0.2, 0.25) is 0 Å². The lowest BCUT2D eigenvalue weighted by molar-refractivity contribution is 0.0268. The van der Waals surface area contributed by atoms with Crippen LogP contribution in [0.2, 0.25) is 0 Å². The number of aliphatic hydroxyl groups is 1. The summed E-state index contributed by atoms with van der Waals surface area (Å²) in [4.78, 5) is 0. The molecule has 0 bridgehead atoms. The summed E-state index contributed by atoms with van der Waals surface area (Å²) >= 11 is 0. The summed E-state index contributed by atoms with van der Waals surface area (Å²) in [5.41, 5.74) is 3.47. The van der Waals surface area contributed by atoms with Crippen LogP contribution in [0.5, 0.6) is 0 Å². The average Bonchev–Trinajstić information content (AvgIpc) is 2.39. The summed E-state index contributed by atoms with van der Waals surface area (Å²) in [6.45, 7) is 2.08. The maximum Gasteiger partial charge on any atom is 0.0886 e. The molecule has 0 saturated heterocycles. The molecule has 0 amide bonds. The first-order valence-corrected chi connectivity index (χ1v) is 7.02. The molecule has 1 aliphatic rings. The van der Waals surface area contributed by atoms with Gasteiger partial charge in [-0.1, -0.05) is 66.6 Å². The van der Waals surface area contributed by atoms with Crippen LogP contribution in [0.1, 0.15) is 42.1 Å². The molecule has 3 rings (SSSR count). The number of rotatable bonds is 3. The van der Waals surface area contributed by atoms with E-state index in [4.69, 9.17) is 0 Å². The van der Waals surface area contributed by atoms with Gasteiger partial charge in [-0.05, 0) is 30.9 Å². The molecule has 0 radical (unpaired) electrons. The fourth-order valence-electron chi connectivity index (χ4n) is 3.12. The van der Waals surface area contributed by atoms with Crippen LogP contribution in [0.25, 0.3) is 0 Å². The zero-order valence-electron chi connectivity index (χ0n) is 11.3. The first kappa shape index (κ1) is 12.4. The van der Waals surface area contributed by atoms with E-state index < -0.39 is 6.10 Å². The van der Waals surface area contributed by atoms with Gasteiger partial charge < -0.3 is 5.11 Å². The van der Waals surface area contributed by atoms with Gasteiger partial charge in [-0.2, -0.15) is 0 Å². The molecule has 0 heterocycles. The van der Waals surface area contributed by atoms with Crippen molar-refractivity contribution < 1.29 is 5.11 Å². The van der Waals surface area contributed by atoms with E-state index in [1.165, 1.54) is 17.5 Å². The Hall–Kier alpha value is -1.60. The molecular formula is C18H20O. The van der Waals surface area contributed by atoms with Crippen molar-refractivity contribution in [3.63, 3.8) is 0 Å². The van der Waals surface area contributed by atoms with Gasteiger partial charge in [0, 0.05) is 5.41 Å². The topological polar surface area (TPSA) is 20.2 Å². The Morgan fingerprint density at radius 2 is 1.58 bits per heavy atom. The van der Waals surface area contributed by atoms with E-state index in [0.29, 0.717) is 0 Å². The van der Waals surface area contributed by atoms with Gasteiger partial charge in [0.15, 0.2) is 0 Å². The Morgan fingerprint density at radius 1 is 0.947 bits per heavy atom. The Balaban J connectivity index is 1.96. The molecule has 1 heteroatoms. The van der Waals surface area contributed by atoms with Gasteiger partial charge in [-0.15, -0.1) is 0 Å². The van der Waals surface area contributed by atoms with Gasteiger partial charge in [0.05, 0.1) is 6.10 Å². The number of benzene rings is 2. The Labute approximate surface area is 114 Å².